The van der Waals surface area contributed by atoms with Gasteiger partial charge < -0.3 is 19.9 Å². The highest BCUT2D eigenvalue weighted by Crippen LogP contribution is 2.37. The molecule has 0 aliphatic heterocycles. The molecule has 0 saturated carbocycles. The first-order valence-corrected chi connectivity index (χ1v) is 12.7. The van der Waals surface area contributed by atoms with Crippen molar-refractivity contribution in [3.05, 3.63) is 85.8 Å². The van der Waals surface area contributed by atoms with Crippen molar-refractivity contribution in [3.8, 4) is 11.5 Å². The lowest BCUT2D eigenvalue weighted by Crippen LogP contribution is -2.23. The fourth-order valence-electron chi connectivity index (χ4n) is 2.71. The maximum absolute atomic E-state index is 12.7. The highest BCUT2D eigenvalue weighted by molar-refractivity contribution is 6.42. The van der Waals surface area contributed by atoms with Crippen molar-refractivity contribution in [2.24, 2.45) is 0 Å². The van der Waals surface area contributed by atoms with Crippen molar-refractivity contribution in [2.75, 3.05) is 5.32 Å². The van der Waals surface area contributed by atoms with Crippen molar-refractivity contribution in [2.45, 2.75) is 32.5 Å². The fourth-order valence-corrected chi connectivity index (χ4v) is 3.42. The quantitative estimate of drug-likeness (QED) is 0.250. The maximum atomic E-state index is 12.7. The van der Waals surface area contributed by atoms with E-state index in [1.54, 1.807) is 25.1 Å². The minimum atomic E-state index is -4.56. The van der Waals surface area contributed by atoms with Crippen LogP contribution in [0.1, 0.15) is 36.2 Å². The highest BCUT2D eigenvalue weighted by Gasteiger charge is 2.31. The molecule has 3 aromatic carbocycles. The molecule has 0 radical (unpaired) electrons. The molecule has 1 amide bonds. The van der Waals surface area contributed by atoms with E-state index in [9.17, 15) is 27.6 Å². The number of benzene rings is 3. The van der Waals surface area contributed by atoms with Crippen LogP contribution >= 0.6 is 46.4 Å². The number of esters is 1. The van der Waals surface area contributed by atoms with E-state index in [1.807, 2.05) is 0 Å². The number of carboxylic acids is 1. The minimum absolute atomic E-state index is 0.0246. The number of aliphatic carboxylic acids is 1. The van der Waals surface area contributed by atoms with E-state index >= 15 is 0 Å². The lowest BCUT2D eigenvalue weighted by molar-refractivity contribution is -0.146. The number of hydrogen-bond donors (Lipinski definition) is 2. The molecule has 14 heteroatoms. The van der Waals surface area contributed by atoms with Gasteiger partial charge in [0.1, 0.15) is 11.5 Å². The molecule has 0 heterocycles. The molecule has 0 saturated heterocycles. The Labute approximate surface area is 246 Å². The summed E-state index contributed by atoms with van der Waals surface area (Å²) in [6, 6.07) is 11.3. The summed E-state index contributed by atoms with van der Waals surface area (Å²) in [5.41, 5.74) is -0.450. The number of alkyl halides is 3. The van der Waals surface area contributed by atoms with Gasteiger partial charge in [-0.05, 0) is 61.5 Å². The molecule has 0 spiro atoms. The highest BCUT2D eigenvalue weighted by atomic mass is 35.5. The second-order valence-electron chi connectivity index (χ2n) is 7.80. The molecule has 3 aromatic rings. The number of nitrogens with one attached hydrogen (secondary N) is 1. The molecule has 0 fully saturated rings. The first-order chi connectivity index (χ1) is 18.6. The minimum Gasteiger partial charge on any atom is -0.479 e. The van der Waals surface area contributed by atoms with E-state index in [0.717, 1.165) is 25.1 Å². The summed E-state index contributed by atoms with van der Waals surface area (Å²) in [7, 11) is 0. The molecule has 0 aliphatic rings. The average Bonchev–Trinajstić information content (AvgIpc) is 2.88. The number of amides is 1. The van der Waals surface area contributed by atoms with Crippen LogP contribution < -0.4 is 10.1 Å². The van der Waals surface area contributed by atoms with Gasteiger partial charge in [-0.1, -0.05) is 53.3 Å². The Morgan fingerprint density at radius 2 is 1.55 bits per heavy atom. The normalized spacial score (nSPS) is 11.5. The third kappa shape index (κ3) is 9.78. The van der Waals surface area contributed by atoms with Crippen molar-refractivity contribution < 1.29 is 42.1 Å². The molecule has 3 rings (SSSR count). The molecule has 0 aliphatic carbocycles. The van der Waals surface area contributed by atoms with Crippen molar-refractivity contribution in [1.82, 2.24) is 0 Å². The van der Waals surface area contributed by atoms with Crippen LogP contribution in [0.15, 0.2) is 54.6 Å². The van der Waals surface area contributed by atoms with Gasteiger partial charge in [0.25, 0.3) is 0 Å². The Morgan fingerprint density at radius 1 is 0.900 bits per heavy atom. The molecule has 0 unspecified atom stereocenters. The monoisotopic (exact) mass is 639 g/mol. The van der Waals surface area contributed by atoms with Crippen LogP contribution in [0.2, 0.25) is 20.1 Å². The van der Waals surface area contributed by atoms with Crippen molar-refractivity contribution in [1.29, 1.82) is 0 Å². The molecule has 0 aromatic heterocycles. The third-order valence-electron chi connectivity index (χ3n) is 4.80. The third-order valence-corrected chi connectivity index (χ3v) is 6.16. The zero-order valence-corrected chi connectivity index (χ0v) is 23.6. The SMILES string of the molecule is CCC(=O)Nc1ccc(Cl)c(Cl)c1.C[C@H](OC(=O)c1cc(Oc2ccc(C(F)(F)F)cc2Cl)ccc1Cl)C(=O)O. The summed E-state index contributed by atoms with van der Waals surface area (Å²) >= 11 is 23.2. The Morgan fingerprint density at radius 3 is 2.10 bits per heavy atom. The molecule has 2 N–H and O–H groups in total. The number of carbonyl (C=O) groups is 3. The molecule has 214 valence electrons. The molecular weight excluding hydrogens is 621 g/mol. The van der Waals surface area contributed by atoms with E-state index in [2.05, 4.69) is 5.32 Å². The van der Waals surface area contributed by atoms with Crippen LogP contribution in [-0.2, 0) is 20.5 Å². The van der Waals surface area contributed by atoms with Crippen LogP contribution in [0, 0.1) is 0 Å². The number of hydrogen-bond acceptors (Lipinski definition) is 5. The van der Waals surface area contributed by atoms with Crippen LogP contribution in [0.5, 0.6) is 11.5 Å². The molecular formula is C26H20Cl4F3NO6. The van der Waals surface area contributed by atoms with Gasteiger partial charge in [-0.25, -0.2) is 9.59 Å². The molecule has 40 heavy (non-hydrogen) atoms. The molecule has 0 bridgehead atoms. The van der Waals surface area contributed by atoms with Gasteiger partial charge in [0.05, 0.1) is 31.2 Å². The summed E-state index contributed by atoms with van der Waals surface area (Å²) in [5, 5.41) is 12.1. The second-order valence-corrected chi connectivity index (χ2v) is 9.43. The fraction of sp³-hybridized carbons (Fsp3) is 0.192. The van der Waals surface area contributed by atoms with E-state index in [1.165, 1.54) is 12.1 Å². The van der Waals surface area contributed by atoms with Gasteiger partial charge in [0.15, 0.2) is 6.10 Å². The predicted molar refractivity (Wildman–Crippen MR) is 146 cm³/mol. The van der Waals surface area contributed by atoms with Crippen molar-refractivity contribution >= 4 is 69.9 Å². The van der Waals surface area contributed by atoms with Crippen molar-refractivity contribution in [3.63, 3.8) is 0 Å². The molecule has 1 atom stereocenters. The van der Waals surface area contributed by atoms with Gasteiger partial charge in [0.2, 0.25) is 5.91 Å². The van der Waals surface area contributed by atoms with E-state index in [-0.39, 0.29) is 33.0 Å². The lowest BCUT2D eigenvalue weighted by Gasteiger charge is -2.13. The summed E-state index contributed by atoms with van der Waals surface area (Å²) in [6.45, 7) is 2.95. The van der Waals surface area contributed by atoms with E-state index in [4.69, 9.17) is 61.0 Å². The van der Waals surface area contributed by atoms with Gasteiger partial charge in [0, 0.05) is 12.1 Å². The van der Waals surface area contributed by atoms with Gasteiger partial charge in [-0.15, -0.1) is 0 Å². The van der Waals surface area contributed by atoms with Gasteiger partial charge in [-0.3, -0.25) is 4.79 Å². The van der Waals surface area contributed by atoms with E-state index < -0.39 is 29.8 Å². The largest absolute Gasteiger partial charge is 0.479 e. The van der Waals surface area contributed by atoms with Crippen LogP contribution in [0.3, 0.4) is 0 Å². The molecule has 7 nitrogen and oxygen atoms in total. The van der Waals surface area contributed by atoms with Crippen LogP contribution in [0.25, 0.3) is 0 Å². The number of rotatable bonds is 7. The number of ether oxygens (including phenoxy) is 2. The first-order valence-electron chi connectivity index (χ1n) is 11.1. The number of carbonyl (C=O) groups excluding carboxylic acids is 2. The predicted octanol–water partition coefficient (Wildman–Crippen LogP) is 8.78. The Hall–Kier alpha value is -3.18. The Balaban J connectivity index is 0.000000360. The Kier molecular flexibility index (Phi) is 11.9. The lowest BCUT2D eigenvalue weighted by atomic mass is 10.2. The number of anilines is 1. The number of halogens is 7. The van der Waals surface area contributed by atoms with Crippen LogP contribution in [0.4, 0.5) is 18.9 Å². The first kappa shape index (κ1) is 33.0. The summed E-state index contributed by atoms with van der Waals surface area (Å²) < 4.78 is 48.1. The average molecular weight is 641 g/mol. The van der Waals surface area contributed by atoms with E-state index in [0.29, 0.717) is 28.2 Å². The maximum Gasteiger partial charge on any atom is 0.416 e. The summed E-state index contributed by atoms with van der Waals surface area (Å²) in [6.07, 6.45) is -5.51. The standard InChI is InChI=1S/C17H11Cl2F3O5.C9H9Cl2NO/c1-8(15(23)24)26-16(25)11-7-10(3-4-12(11)18)27-14-5-2-9(6-13(14)19)17(20,21)22;1-2-9(13)12-6-3-4-7(10)8(11)5-6/h2-8H,1H3,(H,23,24);3-5H,2H2,1H3,(H,12,13)/t8-;/m0./s1. The smallest absolute Gasteiger partial charge is 0.416 e. The van der Waals surface area contributed by atoms with Crippen LogP contribution in [-0.4, -0.2) is 29.1 Å². The second kappa shape index (κ2) is 14.5. The zero-order valence-electron chi connectivity index (χ0n) is 20.6. The summed E-state index contributed by atoms with van der Waals surface area (Å²) in [4.78, 5) is 33.8. The zero-order chi connectivity index (χ0) is 30.2. The van der Waals surface area contributed by atoms with Gasteiger partial charge >= 0.3 is 18.1 Å². The Bertz CT molecular complexity index is 1400. The summed E-state index contributed by atoms with van der Waals surface area (Å²) in [5.74, 6) is -2.43. The topological polar surface area (TPSA) is 102 Å². The number of carboxylic acid groups (broad SMARTS) is 1. The van der Waals surface area contributed by atoms with Gasteiger partial charge in [-0.2, -0.15) is 13.2 Å².